The van der Waals surface area contributed by atoms with Gasteiger partial charge in [-0.05, 0) is 36.5 Å². The number of nitrogens with zero attached hydrogens (tertiary/aromatic N) is 1. The van der Waals surface area contributed by atoms with Crippen molar-refractivity contribution in [1.29, 1.82) is 0 Å². The van der Waals surface area contributed by atoms with E-state index >= 15 is 0 Å². The summed E-state index contributed by atoms with van der Waals surface area (Å²) in [5, 5.41) is 3.63. The molecule has 1 fully saturated rings. The Balaban J connectivity index is 1.79. The zero-order chi connectivity index (χ0) is 9.80. The number of thioether (sulfide) groups is 1. The van der Waals surface area contributed by atoms with E-state index in [1.807, 2.05) is 0 Å². The van der Waals surface area contributed by atoms with Crippen molar-refractivity contribution in [3.8, 4) is 0 Å². The van der Waals surface area contributed by atoms with Crippen LogP contribution in [0.15, 0.2) is 18.3 Å². The molecule has 1 aromatic heterocycles. The van der Waals surface area contributed by atoms with Crippen molar-refractivity contribution in [1.82, 2.24) is 9.88 Å². The van der Waals surface area contributed by atoms with Gasteiger partial charge in [-0.2, -0.15) is 11.8 Å². The highest BCUT2D eigenvalue weighted by atomic mass is 32.2. The Morgan fingerprint density at radius 3 is 2.93 bits per heavy atom. The third kappa shape index (κ3) is 2.55. The lowest BCUT2D eigenvalue weighted by molar-refractivity contribution is 0.474. The average molecular weight is 210 g/mol. The molecule has 1 aliphatic heterocycles. The number of rotatable bonds is 3. The number of aryl methyl sites for hydroxylation is 1. The molecule has 2 heterocycles. The zero-order valence-electron chi connectivity index (χ0n) is 8.70. The lowest BCUT2D eigenvalue weighted by Crippen LogP contribution is -2.32. The van der Waals surface area contributed by atoms with Gasteiger partial charge in [-0.3, -0.25) is 0 Å². The van der Waals surface area contributed by atoms with E-state index < -0.39 is 0 Å². The molecule has 0 saturated carbocycles. The second-order valence-corrected chi connectivity index (χ2v) is 5.10. The Labute approximate surface area is 90.1 Å². The van der Waals surface area contributed by atoms with E-state index in [2.05, 4.69) is 47.0 Å². The summed E-state index contributed by atoms with van der Waals surface area (Å²) in [7, 11) is 2.10. The van der Waals surface area contributed by atoms with Gasteiger partial charge in [0.15, 0.2) is 0 Å². The Bertz CT molecular complexity index is 277. The minimum Gasteiger partial charge on any atom is -0.353 e. The minimum absolute atomic E-state index is 0.742. The predicted octanol–water partition coefficient (Wildman–Crippen LogP) is 2.01. The number of hydrogen-bond donors (Lipinski definition) is 1. The summed E-state index contributed by atoms with van der Waals surface area (Å²) in [5.74, 6) is 2.65. The Kier molecular flexibility index (Phi) is 3.54. The molecule has 1 aromatic rings. The largest absolute Gasteiger partial charge is 0.353 e. The van der Waals surface area contributed by atoms with Gasteiger partial charge in [-0.15, -0.1) is 0 Å². The van der Waals surface area contributed by atoms with Crippen LogP contribution in [0.2, 0.25) is 0 Å². The topological polar surface area (TPSA) is 17.0 Å². The maximum absolute atomic E-state index is 3.63. The van der Waals surface area contributed by atoms with Crippen molar-refractivity contribution in [2.24, 2.45) is 7.05 Å². The fraction of sp³-hybridized carbons (Fsp3) is 0.636. The van der Waals surface area contributed by atoms with Crippen molar-refractivity contribution in [2.75, 3.05) is 11.5 Å². The summed E-state index contributed by atoms with van der Waals surface area (Å²) < 4.78 is 2.19. The summed E-state index contributed by atoms with van der Waals surface area (Å²) >= 11 is 2.08. The molecule has 14 heavy (non-hydrogen) atoms. The first kappa shape index (κ1) is 10.1. The Hall–Kier alpha value is -0.410. The summed E-state index contributed by atoms with van der Waals surface area (Å²) in [6.45, 7) is 1.01. The smallest absolute Gasteiger partial charge is 0.0361 e. The molecule has 2 rings (SSSR count). The van der Waals surface area contributed by atoms with Crippen molar-refractivity contribution < 1.29 is 0 Å². The second kappa shape index (κ2) is 4.89. The standard InChI is InChI=1S/C11H18N2S/c1-13-6-2-3-11(13)9-12-10-4-7-14-8-5-10/h2-3,6,10,12H,4-5,7-9H2,1H3. The van der Waals surface area contributed by atoms with Gasteiger partial charge >= 0.3 is 0 Å². The summed E-state index contributed by atoms with van der Waals surface area (Å²) in [4.78, 5) is 0. The molecule has 78 valence electrons. The molecule has 0 unspecified atom stereocenters. The van der Waals surface area contributed by atoms with Gasteiger partial charge in [0, 0.05) is 31.5 Å². The Morgan fingerprint density at radius 2 is 2.29 bits per heavy atom. The maximum Gasteiger partial charge on any atom is 0.0361 e. The van der Waals surface area contributed by atoms with E-state index in [1.165, 1.54) is 30.0 Å². The van der Waals surface area contributed by atoms with Crippen LogP contribution in [0, 0.1) is 0 Å². The third-order valence-electron chi connectivity index (χ3n) is 2.84. The molecule has 0 spiro atoms. The molecular formula is C11H18N2S. The monoisotopic (exact) mass is 210 g/mol. The molecule has 1 saturated heterocycles. The van der Waals surface area contributed by atoms with Gasteiger partial charge in [-0.1, -0.05) is 0 Å². The highest BCUT2D eigenvalue weighted by Gasteiger charge is 2.12. The quantitative estimate of drug-likeness (QED) is 0.822. The van der Waals surface area contributed by atoms with Crippen LogP contribution in [0.1, 0.15) is 18.5 Å². The van der Waals surface area contributed by atoms with Crippen molar-refractivity contribution in [3.05, 3.63) is 24.0 Å². The van der Waals surface area contributed by atoms with Gasteiger partial charge in [0.1, 0.15) is 0 Å². The van der Waals surface area contributed by atoms with Crippen LogP contribution in [-0.4, -0.2) is 22.1 Å². The zero-order valence-corrected chi connectivity index (χ0v) is 9.52. The first-order valence-corrected chi connectivity index (χ1v) is 6.43. The van der Waals surface area contributed by atoms with Crippen LogP contribution < -0.4 is 5.32 Å². The molecule has 1 aliphatic rings. The molecule has 0 amide bonds. The molecule has 0 bridgehead atoms. The molecule has 0 atom stereocenters. The first-order chi connectivity index (χ1) is 6.86. The van der Waals surface area contributed by atoms with Crippen LogP contribution in [0.3, 0.4) is 0 Å². The summed E-state index contributed by atoms with van der Waals surface area (Å²) in [6.07, 6.45) is 4.76. The number of hydrogen-bond acceptors (Lipinski definition) is 2. The SMILES string of the molecule is Cn1cccc1CNC1CCSCC1. The van der Waals surface area contributed by atoms with Crippen molar-refractivity contribution in [2.45, 2.75) is 25.4 Å². The highest BCUT2D eigenvalue weighted by Crippen LogP contribution is 2.17. The van der Waals surface area contributed by atoms with E-state index in [9.17, 15) is 0 Å². The molecule has 0 aromatic carbocycles. The predicted molar refractivity (Wildman–Crippen MR) is 62.6 cm³/mol. The third-order valence-corrected chi connectivity index (χ3v) is 3.89. The van der Waals surface area contributed by atoms with Gasteiger partial charge in [0.25, 0.3) is 0 Å². The van der Waals surface area contributed by atoms with Crippen LogP contribution >= 0.6 is 11.8 Å². The second-order valence-electron chi connectivity index (χ2n) is 3.88. The molecular weight excluding hydrogens is 192 g/mol. The van der Waals surface area contributed by atoms with Crippen LogP contribution in [-0.2, 0) is 13.6 Å². The molecule has 0 radical (unpaired) electrons. The van der Waals surface area contributed by atoms with E-state index in [4.69, 9.17) is 0 Å². The van der Waals surface area contributed by atoms with Crippen molar-refractivity contribution in [3.63, 3.8) is 0 Å². The lowest BCUT2D eigenvalue weighted by atomic mass is 10.1. The van der Waals surface area contributed by atoms with Gasteiger partial charge in [0.05, 0.1) is 0 Å². The van der Waals surface area contributed by atoms with E-state index in [1.54, 1.807) is 0 Å². The van der Waals surface area contributed by atoms with Gasteiger partial charge in [-0.25, -0.2) is 0 Å². The van der Waals surface area contributed by atoms with Crippen LogP contribution in [0.25, 0.3) is 0 Å². The average Bonchev–Trinajstić information content (AvgIpc) is 2.63. The number of nitrogens with one attached hydrogen (secondary N) is 1. The fourth-order valence-corrected chi connectivity index (χ4v) is 2.94. The molecule has 0 aliphatic carbocycles. The van der Waals surface area contributed by atoms with E-state index in [0.29, 0.717) is 0 Å². The van der Waals surface area contributed by atoms with Gasteiger partial charge in [0.2, 0.25) is 0 Å². The molecule has 1 N–H and O–H groups in total. The highest BCUT2D eigenvalue weighted by molar-refractivity contribution is 7.99. The van der Waals surface area contributed by atoms with E-state index in [0.717, 1.165) is 12.6 Å². The normalized spacial score (nSPS) is 18.6. The Morgan fingerprint density at radius 1 is 1.50 bits per heavy atom. The van der Waals surface area contributed by atoms with E-state index in [-0.39, 0.29) is 0 Å². The van der Waals surface area contributed by atoms with Crippen LogP contribution in [0.4, 0.5) is 0 Å². The summed E-state index contributed by atoms with van der Waals surface area (Å²) in [5.41, 5.74) is 1.38. The number of aromatic nitrogens is 1. The maximum atomic E-state index is 3.63. The van der Waals surface area contributed by atoms with Crippen molar-refractivity contribution >= 4 is 11.8 Å². The minimum atomic E-state index is 0.742. The first-order valence-electron chi connectivity index (χ1n) is 5.27. The van der Waals surface area contributed by atoms with Crippen LogP contribution in [0.5, 0.6) is 0 Å². The fourth-order valence-electron chi connectivity index (χ4n) is 1.83. The molecule has 2 nitrogen and oxygen atoms in total. The lowest BCUT2D eigenvalue weighted by Gasteiger charge is -2.22. The molecule has 3 heteroatoms. The van der Waals surface area contributed by atoms with Gasteiger partial charge < -0.3 is 9.88 Å². The summed E-state index contributed by atoms with van der Waals surface area (Å²) in [6, 6.07) is 5.03.